The Labute approximate surface area is 197 Å². The average molecular weight is 485 g/mol. The number of aryl methyl sites for hydroxylation is 2. The second-order valence-corrected chi connectivity index (χ2v) is 10.6. The number of benzene rings is 2. The number of carbonyl (C=O) groups excluding carboxylic acids is 2. The summed E-state index contributed by atoms with van der Waals surface area (Å²) >= 11 is 1.36. The van der Waals surface area contributed by atoms with Crippen molar-refractivity contribution in [3.63, 3.8) is 0 Å². The predicted octanol–water partition coefficient (Wildman–Crippen LogP) is 3.17. The first-order chi connectivity index (χ1) is 15.6. The first-order valence-corrected chi connectivity index (χ1v) is 12.2. The summed E-state index contributed by atoms with van der Waals surface area (Å²) in [6.45, 7) is 4.00. The van der Waals surface area contributed by atoms with E-state index in [2.05, 4.69) is 21.9 Å². The Morgan fingerprint density at radius 2 is 1.67 bits per heavy atom. The quantitative estimate of drug-likeness (QED) is 0.520. The minimum absolute atomic E-state index is 0.0223. The van der Waals surface area contributed by atoms with Gasteiger partial charge in [0.15, 0.2) is 0 Å². The monoisotopic (exact) mass is 484 g/mol. The highest BCUT2D eigenvalue weighted by Crippen LogP contribution is 2.31. The van der Waals surface area contributed by atoms with Gasteiger partial charge in [0.1, 0.15) is 5.03 Å². The lowest BCUT2D eigenvalue weighted by Gasteiger charge is -2.13. The molecular weight excluding hydrogens is 460 g/mol. The van der Waals surface area contributed by atoms with Gasteiger partial charge in [-0.05, 0) is 55.8 Å². The van der Waals surface area contributed by atoms with Crippen molar-refractivity contribution in [2.45, 2.75) is 28.7 Å². The van der Waals surface area contributed by atoms with E-state index in [1.54, 1.807) is 18.3 Å². The summed E-state index contributed by atoms with van der Waals surface area (Å²) < 4.78 is 25.7. The fourth-order valence-electron chi connectivity index (χ4n) is 2.92. The average Bonchev–Trinajstić information content (AvgIpc) is 2.79. The second kappa shape index (κ2) is 10.2. The Kier molecular flexibility index (Phi) is 7.52. The number of hydrazine groups is 1. The molecule has 0 spiro atoms. The number of aromatic nitrogens is 1. The van der Waals surface area contributed by atoms with Gasteiger partial charge in [-0.25, -0.2) is 17.7 Å². The zero-order valence-corrected chi connectivity index (χ0v) is 20.3. The van der Waals surface area contributed by atoms with Crippen LogP contribution in [0.3, 0.4) is 0 Å². The summed E-state index contributed by atoms with van der Waals surface area (Å²) in [5.41, 5.74) is 7.30. The number of amides is 2. The molecule has 8 nitrogen and oxygen atoms in total. The van der Waals surface area contributed by atoms with Gasteiger partial charge < -0.3 is 0 Å². The Hall–Kier alpha value is -3.21. The number of rotatable bonds is 6. The topological polar surface area (TPSA) is 108 Å². The van der Waals surface area contributed by atoms with Gasteiger partial charge in [-0.2, -0.15) is 0 Å². The summed E-state index contributed by atoms with van der Waals surface area (Å²) in [6, 6.07) is 14.8. The van der Waals surface area contributed by atoms with E-state index in [-0.39, 0.29) is 10.5 Å². The normalized spacial score (nSPS) is 11.3. The van der Waals surface area contributed by atoms with E-state index in [0.29, 0.717) is 10.6 Å². The smallest absolute Gasteiger partial charge is 0.267 e. The van der Waals surface area contributed by atoms with Crippen molar-refractivity contribution < 1.29 is 18.0 Å². The molecule has 0 aliphatic rings. The van der Waals surface area contributed by atoms with Gasteiger partial charge in [0.2, 0.25) is 10.0 Å². The summed E-state index contributed by atoms with van der Waals surface area (Å²) in [7, 11) is -0.881. The Morgan fingerprint density at radius 3 is 2.36 bits per heavy atom. The molecule has 2 aromatic carbocycles. The van der Waals surface area contributed by atoms with Crippen LogP contribution in [0, 0.1) is 13.8 Å². The Morgan fingerprint density at radius 1 is 0.939 bits per heavy atom. The van der Waals surface area contributed by atoms with Gasteiger partial charge in [0, 0.05) is 30.8 Å². The number of sulfonamides is 1. The van der Waals surface area contributed by atoms with Gasteiger partial charge in [-0.3, -0.25) is 20.4 Å². The molecule has 3 aromatic rings. The molecule has 2 amide bonds. The van der Waals surface area contributed by atoms with Crippen LogP contribution in [0.15, 0.2) is 75.6 Å². The van der Waals surface area contributed by atoms with Crippen LogP contribution in [0.1, 0.15) is 31.8 Å². The van der Waals surface area contributed by atoms with Crippen LogP contribution in [-0.2, 0) is 10.0 Å². The zero-order valence-electron chi connectivity index (χ0n) is 18.6. The Balaban J connectivity index is 1.74. The minimum Gasteiger partial charge on any atom is -0.267 e. The van der Waals surface area contributed by atoms with Crippen LogP contribution < -0.4 is 10.9 Å². The summed E-state index contributed by atoms with van der Waals surface area (Å²) in [6.07, 6.45) is 1.60. The molecule has 2 N–H and O–H groups in total. The first kappa shape index (κ1) is 24.4. The maximum Gasteiger partial charge on any atom is 0.272 e. The maximum atomic E-state index is 12.8. The third-order valence-corrected chi connectivity index (χ3v) is 7.72. The van der Waals surface area contributed by atoms with E-state index in [1.165, 1.54) is 50.1 Å². The molecule has 0 atom stereocenters. The molecule has 0 fully saturated rings. The molecule has 10 heteroatoms. The summed E-state index contributed by atoms with van der Waals surface area (Å²) in [5.74, 6) is -1.19. The fraction of sp³-hybridized carbons (Fsp3) is 0.174. The summed E-state index contributed by atoms with van der Waals surface area (Å²) in [5, 5.41) is 0.496. The predicted molar refractivity (Wildman–Crippen MR) is 127 cm³/mol. The van der Waals surface area contributed by atoms with Crippen LogP contribution in [0.5, 0.6) is 0 Å². The van der Waals surface area contributed by atoms with Crippen molar-refractivity contribution in [2.24, 2.45) is 0 Å². The highest BCUT2D eigenvalue weighted by molar-refractivity contribution is 7.99. The standard InChI is InChI=1S/C23H24N4O4S2/c1-15-10-11-20(16(2)13-15)32-23-19(9-6-12-24-23)22(29)26-25-21(28)17-7-5-8-18(14-17)33(30,31)27(3)4/h5-14H,1-4H3,(H,25,28)(H,26,29). The van der Waals surface area contributed by atoms with Gasteiger partial charge in [-0.1, -0.05) is 35.5 Å². The van der Waals surface area contributed by atoms with Crippen molar-refractivity contribution in [1.29, 1.82) is 0 Å². The molecule has 3 rings (SSSR count). The molecule has 33 heavy (non-hydrogen) atoms. The van der Waals surface area contributed by atoms with Crippen molar-refractivity contribution >= 4 is 33.6 Å². The van der Waals surface area contributed by atoms with Crippen LogP contribution in [-0.4, -0.2) is 43.6 Å². The number of pyridine rings is 1. The highest BCUT2D eigenvalue weighted by Gasteiger charge is 2.20. The zero-order chi connectivity index (χ0) is 24.2. The SMILES string of the molecule is Cc1ccc(Sc2ncccc2C(=O)NNC(=O)c2cccc(S(=O)(=O)N(C)C)c2)c(C)c1. The molecular formula is C23H24N4O4S2. The second-order valence-electron chi connectivity index (χ2n) is 7.45. The third kappa shape index (κ3) is 5.78. The van der Waals surface area contributed by atoms with E-state index in [9.17, 15) is 18.0 Å². The van der Waals surface area contributed by atoms with E-state index >= 15 is 0 Å². The van der Waals surface area contributed by atoms with E-state index in [0.717, 1.165) is 20.3 Å². The molecule has 0 aliphatic carbocycles. The van der Waals surface area contributed by atoms with Gasteiger partial charge in [0.05, 0.1) is 10.5 Å². The number of nitrogens with one attached hydrogen (secondary N) is 2. The maximum absolute atomic E-state index is 12.8. The third-order valence-electron chi connectivity index (χ3n) is 4.72. The van der Waals surface area contributed by atoms with Crippen molar-refractivity contribution in [1.82, 2.24) is 20.1 Å². The van der Waals surface area contributed by atoms with Gasteiger partial charge >= 0.3 is 0 Å². The van der Waals surface area contributed by atoms with Crippen LogP contribution in [0.2, 0.25) is 0 Å². The van der Waals surface area contributed by atoms with Crippen LogP contribution in [0.25, 0.3) is 0 Å². The molecule has 0 radical (unpaired) electrons. The first-order valence-electron chi connectivity index (χ1n) is 9.93. The van der Waals surface area contributed by atoms with E-state index in [1.807, 2.05) is 26.0 Å². The number of nitrogens with zero attached hydrogens (tertiary/aromatic N) is 2. The number of hydrogen-bond donors (Lipinski definition) is 2. The molecule has 0 saturated carbocycles. The van der Waals surface area contributed by atoms with Crippen molar-refractivity contribution in [3.8, 4) is 0 Å². The van der Waals surface area contributed by atoms with Gasteiger partial charge in [-0.15, -0.1) is 0 Å². The van der Waals surface area contributed by atoms with E-state index in [4.69, 9.17) is 0 Å². The lowest BCUT2D eigenvalue weighted by atomic mass is 10.2. The lowest BCUT2D eigenvalue weighted by Crippen LogP contribution is -2.42. The highest BCUT2D eigenvalue weighted by atomic mass is 32.2. The molecule has 0 aliphatic heterocycles. The molecule has 172 valence electrons. The summed E-state index contributed by atoms with van der Waals surface area (Å²) in [4.78, 5) is 30.6. The van der Waals surface area contributed by atoms with Crippen LogP contribution >= 0.6 is 11.8 Å². The number of hydrogen-bond acceptors (Lipinski definition) is 6. The fourth-order valence-corrected chi connectivity index (χ4v) is 4.82. The number of carbonyl (C=O) groups is 2. The molecule has 0 saturated heterocycles. The van der Waals surface area contributed by atoms with Crippen LogP contribution in [0.4, 0.5) is 0 Å². The molecule has 1 aromatic heterocycles. The van der Waals surface area contributed by atoms with Crippen molar-refractivity contribution in [3.05, 3.63) is 83.0 Å². The lowest BCUT2D eigenvalue weighted by molar-refractivity contribution is 0.0844. The van der Waals surface area contributed by atoms with E-state index < -0.39 is 21.8 Å². The largest absolute Gasteiger partial charge is 0.272 e. The molecule has 0 unspecified atom stereocenters. The van der Waals surface area contributed by atoms with Crippen molar-refractivity contribution in [2.75, 3.05) is 14.1 Å². The molecule has 1 heterocycles. The minimum atomic E-state index is -3.69. The Bertz CT molecular complexity index is 1310. The van der Waals surface area contributed by atoms with Gasteiger partial charge in [0.25, 0.3) is 11.8 Å². The molecule has 0 bridgehead atoms.